The van der Waals surface area contributed by atoms with Gasteiger partial charge in [-0.25, -0.2) is 4.79 Å². The molecule has 1 aliphatic rings. The average molecular weight is 244 g/mol. The second-order valence-corrected chi connectivity index (χ2v) is 4.27. The Balaban J connectivity index is 2.53. The molecule has 0 radical (unpaired) electrons. The fourth-order valence-electron chi connectivity index (χ4n) is 1.66. The summed E-state index contributed by atoms with van der Waals surface area (Å²) in [4.78, 5) is 22.8. The zero-order valence-corrected chi connectivity index (χ0v) is 10.2. The van der Waals surface area contributed by atoms with Gasteiger partial charge in [0, 0.05) is 13.1 Å². The molecule has 1 saturated heterocycles. The van der Waals surface area contributed by atoms with E-state index in [1.807, 2.05) is 6.92 Å². The fourth-order valence-corrected chi connectivity index (χ4v) is 1.66. The molecule has 0 aromatic carbocycles. The molecule has 0 aliphatic carbocycles. The van der Waals surface area contributed by atoms with E-state index in [-0.39, 0.29) is 11.8 Å². The minimum absolute atomic E-state index is 0.104. The van der Waals surface area contributed by atoms with Gasteiger partial charge in [0.1, 0.15) is 12.1 Å². The largest absolute Gasteiger partial charge is 0.480 e. The first-order chi connectivity index (χ1) is 8.06. The lowest BCUT2D eigenvalue weighted by atomic mass is 9.99. The van der Waals surface area contributed by atoms with Gasteiger partial charge in [-0.05, 0) is 5.92 Å². The van der Waals surface area contributed by atoms with E-state index in [0.29, 0.717) is 19.6 Å². The van der Waals surface area contributed by atoms with Gasteiger partial charge in [-0.15, -0.1) is 0 Å². The van der Waals surface area contributed by atoms with Gasteiger partial charge in [-0.3, -0.25) is 4.79 Å². The summed E-state index contributed by atoms with van der Waals surface area (Å²) in [6.07, 6.45) is 0.107. The summed E-state index contributed by atoms with van der Waals surface area (Å²) < 4.78 is 5.27. The van der Waals surface area contributed by atoms with E-state index in [1.165, 1.54) is 0 Å². The molecule has 0 aromatic heterocycles. The molecule has 3 atom stereocenters. The van der Waals surface area contributed by atoms with Crippen molar-refractivity contribution in [2.75, 3.05) is 19.7 Å². The first kappa shape index (κ1) is 13.9. The molecule has 1 amide bonds. The molecule has 0 bridgehead atoms. The summed E-state index contributed by atoms with van der Waals surface area (Å²) in [5, 5.41) is 14.6. The Labute approximate surface area is 101 Å². The molecule has 0 aromatic rings. The molecule has 17 heavy (non-hydrogen) atoms. The lowest BCUT2D eigenvalue weighted by molar-refractivity contribution is -0.146. The summed E-state index contributed by atoms with van der Waals surface area (Å²) >= 11 is 0. The first-order valence-corrected chi connectivity index (χ1v) is 5.91. The molecule has 0 saturated carbocycles. The van der Waals surface area contributed by atoms with E-state index in [4.69, 9.17) is 9.84 Å². The maximum absolute atomic E-state index is 11.8. The van der Waals surface area contributed by atoms with Crippen LogP contribution in [0.15, 0.2) is 0 Å². The summed E-state index contributed by atoms with van der Waals surface area (Å²) in [6.45, 7) is 5.32. The Kier molecular flexibility index (Phi) is 5.37. The summed E-state index contributed by atoms with van der Waals surface area (Å²) in [6, 6.07) is -0.849. The summed E-state index contributed by atoms with van der Waals surface area (Å²) in [5.74, 6) is -1.46. The van der Waals surface area contributed by atoms with Gasteiger partial charge < -0.3 is 20.5 Å². The topological polar surface area (TPSA) is 87.7 Å². The second-order valence-electron chi connectivity index (χ2n) is 4.27. The van der Waals surface area contributed by atoms with Crippen LogP contribution in [0.25, 0.3) is 0 Å². The maximum Gasteiger partial charge on any atom is 0.326 e. The number of hydrogen-bond donors (Lipinski definition) is 3. The van der Waals surface area contributed by atoms with Gasteiger partial charge in [0.25, 0.3) is 5.91 Å². The number of carbonyl (C=O) groups excluding carboxylic acids is 1. The SMILES string of the molecule is CCC(C)[C@H](NC(=O)C1CNCCO1)C(=O)O. The van der Waals surface area contributed by atoms with Crippen molar-refractivity contribution in [3.05, 3.63) is 0 Å². The minimum atomic E-state index is -1.00. The lowest BCUT2D eigenvalue weighted by Gasteiger charge is -2.26. The van der Waals surface area contributed by atoms with Crippen molar-refractivity contribution in [1.82, 2.24) is 10.6 Å². The number of nitrogens with one attached hydrogen (secondary N) is 2. The number of carbonyl (C=O) groups is 2. The Morgan fingerprint density at radius 1 is 1.59 bits per heavy atom. The van der Waals surface area contributed by atoms with Crippen LogP contribution < -0.4 is 10.6 Å². The molecule has 0 spiro atoms. The number of morpholine rings is 1. The van der Waals surface area contributed by atoms with Crippen LogP contribution in [0.5, 0.6) is 0 Å². The average Bonchev–Trinajstić information content (AvgIpc) is 2.35. The molecule has 6 nitrogen and oxygen atoms in total. The predicted octanol–water partition coefficient (Wildman–Crippen LogP) is -0.410. The van der Waals surface area contributed by atoms with Crippen LogP contribution in [0.2, 0.25) is 0 Å². The molecule has 3 N–H and O–H groups in total. The van der Waals surface area contributed by atoms with Gasteiger partial charge in [-0.2, -0.15) is 0 Å². The highest BCUT2D eigenvalue weighted by Gasteiger charge is 2.29. The number of aliphatic carboxylic acids is 1. The van der Waals surface area contributed by atoms with Crippen LogP contribution in [-0.2, 0) is 14.3 Å². The Morgan fingerprint density at radius 3 is 2.76 bits per heavy atom. The Morgan fingerprint density at radius 2 is 2.29 bits per heavy atom. The van der Waals surface area contributed by atoms with Crippen molar-refractivity contribution in [2.45, 2.75) is 32.4 Å². The van der Waals surface area contributed by atoms with Crippen LogP contribution >= 0.6 is 0 Å². The monoisotopic (exact) mass is 244 g/mol. The van der Waals surface area contributed by atoms with E-state index in [1.54, 1.807) is 6.92 Å². The third-order valence-corrected chi connectivity index (χ3v) is 3.00. The van der Waals surface area contributed by atoms with E-state index in [2.05, 4.69) is 10.6 Å². The van der Waals surface area contributed by atoms with Gasteiger partial charge in [0.15, 0.2) is 0 Å². The normalized spacial score (nSPS) is 23.8. The predicted molar refractivity (Wildman–Crippen MR) is 61.6 cm³/mol. The van der Waals surface area contributed by atoms with Crippen LogP contribution in [0.1, 0.15) is 20.3 Å². The molecule has 6 heteroatoms. The minimum Gasteiger partial charge on any atom is -0.480 e. The highest BCUT2D eigenvalue weighted by Crippen LogP contribution is 2.08. The summed E-state index contributed by atoms with van der Waals surface area (Å²) in [5.41, 5.74) is 0. The number of rotatable bonds is 5. The van der Waals surface area contributed by atoms with E-state index < -0.39 is 18.1 Å². The zero-order valence-electron chi connectivity index (χ0n) is 10.2. The van der Waals surface area contributed by atoms with E-state index in [9.17, 15) is 9.59 Å². The molecular formula is C11H20N2O4. The molecule has 1 rings (SSSR count). The van der Waals surface area contributed by atoms with E-state index in [0.717, 1.165) is 6.54 Å². The van der Waals surface area contributed by atoms with Crippen molar-refractivity contribution in [3.63, 3.8) is 0 Å². The number of carboxylic acid groups (broad SMARTS) is 1. The quantitative estimate of drug-likeness (QED) is 0.612. The first-order valence-electron chi connectivity index (χ1n) is 5.91. The Hall–Kier alpha value is -1.14. The lowest BCUT2D eigenvalue weighted by Crippen LogP contribution is -2.53. The van der Waals surface area contributed by atoms with Crippen LogP contribution in [-0.4, -0.2) is 48.8 Å². The zero-order chi connectivity index (χ0) is 12.8. The van der Waals surface area contributed by atoms with Gasteiger partial charge in [0.2, 0.25) is 0 Å². The molecule has 98 valence electrons. The molecule has 2 unspecified atom stereocenters. The van der Waals surface area contributed by atoms with Crippen LogP contribution in [0, 0.1) is 5.92 Å². The van der Waals surface area contributed by atoms with Crippen LogP contribution in [0.4, 0.5) is 0 Å². The molecule has 1 heterocycles. The third-order valence-electron chi connectivity index (χ3n) is 3.00. The third kappa shape index (κ3) is 3.98. The highest BCUT2D eigenvalue weighted by molar-refractivity contribution is 5.86. The Bertz CT molecular complexity index is 277. The van der Waals surface area contributed by atoms with Crippen molar-refractivity contribution in [2.24, 2.45) is 5.92 Å². The van der Waals surface area contributed by atoms with E-state index >= 15 is 0 Å². The number of amides is 1. The standard InChI is InChI=1S/C11H20N2O4/c1-3-7(2)9(11(15)16)13-10(14)8-6-12-4-5-17-8/h7-9,12H,3-6H2,1-2H3,(H,13,14)(H,15,16)/t7?,8?,9-/m0/s1. The van der Waals surface area contributed by atoms with Crippen molar-refractivity contribution in [3.8, 4) is 0 Å². The number of hydrogen-bond acceptors (Lipinski definition) is 4. The second kappa shape index (κ2) is 6.56. The molecule has 1 fully saturated rings. The summed E-state index contributed by atoms with van der Waals surface area (Å²) in [7, 11) is 0. The highest BCUT2D eigenvalue weighted by atomic mass is 16.5. The van der Waals surface area contributed by atoms with Crippen molar-refractivity contribution < 1.29 is 19.4 Å². The van der Waals surface area contributed by atoms with Crippen molar-refractivity contribution >= 4 is 11.9 Å². The smallest absolute Gasteiger partial charge is 0.326 e. The van der Waals surface area contributed by atoms with Crippen LogP contribution in [0.3, 0.4) is 0 Å². The van der Waals surface area contributed by atoms with Gasteiger partial charge in [0.05, 0.1) is 6.61 Å². The van der Waals surface area contributed by atoms with Gasteiger partial charge in [-0.1, -0.05) is 20.3 Å². The molecular weight excluding hydrogens is 224 g/mol. The number of ether oxygens (including phenoxy) is 1. The molecule has 1 aliphatic heterocycles. The maximum atomic E-state index is 11.8. The van der Waals surface area contributed by atoms with Crippen molar-refractivity contribution in [1.29, 1.82) is 0 Å². The number of carboxylic acids is 1. The van der Waals surface area contributed by atoms with Gasteiger partial charge >= 0.3 is 5.97 Å². The fraction of sp³-hybridized carbons (Fsp3) is 0.818.